The third-order valence-electron chi connectivity index (χ3n) is 2.44. The Kier molecular flexibility index (Phi) is 5.32. The zero-order valence-corrected chi connectivity index (χ0v) is 10.0. The lowest BCUT2D eigenvalue weighted by Gasteiger charge is -2.23. The summed E-state index contributed by atoms with van der Waals surface area (Å²) in [5.74, 6) is -3.28. The first-order valence-corrected chi connectivity index (χ1v) is 4.70. The van der Waals surface area contributed by atoms with Crippen LogP contribution >= 0.6 is 12.4 Å². The van der Waals surface area contributed by atoms with Crippen molar-refractivity contribution < 1.29 is 13.9 Å². The van der Waals surface area contributed by atoms with Gasteiger partial charge in [0, 0.05) is 0 Å². The van der Waals surface area contributed by atoms with Crippen molar-refractivity contribution in [2.75, 3.05) is 6.61 Å². The number of benzene rings is 1. The molecule has 1 aromatic carbocycles. The molecule has 0 bridgehead atoms. The molecule has 0 saturated carbocycles. The Morgan fingerprint density at radius 3 is 2.44 bits per heavy atom. The number of aliphatic hydroxyl groups is 1. The Balaban J connectivity index is 0.00000225. The molecule has 0 spiro atoms. The van der Waals surface area contributed by atoms with Gasteiger partial charge in [-0.2, -0.15) is 0 Å². The maximum atomic E-state index is 13.2. The van der Waals surface area contributed by atoms with Crippen LogP contribution < -0.4 is 5.73 Å². The van der Waals surface area contributed by atoms with Crippen molar-refractivity contribution in [3.63, 3.8) is 0 Å². The van der Waals surface area contributed by atoms with Gasteiger partial charge in [0.1, 0.15) is 6.61 Å². The van der Waals surface area contributed by atoms with Gasteiger partial charge in [-0.25, -0.2) is 8.78 Å². The lowest BCUT2D eigenvalue weighted by atomic mass is 9.95. The summed E-state index contributed by atoms with van der Waals surface area (Å²) in [5, 5.41) is 8.56. The average molecular weight is 252 g/mol. The Hall–Kier alpha value is -0.710. The second kappa shape index (κ2) is 5.57. The van der Waals surface area contributed by atoms with Gasteiger partial charge >= 0.3 is 0 Å². The van der Waals surface area contributed by atoms with Gasteiger partial charge in [-0.15, -0.1) is 12.4 Å². The van der Waals surface area contributed by atoms with Crippen LogP contribution in [0.25, 0.3) is 0 Å². The van der Waals surface area contributed by atoms with E-state index in [1.165, 1.54) is 0 Å². The van der Waals surface area contributed by atoms with E-state index in [9.17, 15) is 8.78 Å². The molecule has 0 aromatic heterocycles. The molecule has 0 radical (unpaired) electrons. The standard InChI is InChI=1S/C11H15F2NO.ClH/c1-7-3-4-8(2)9(5-7)10(14)11(12,13)6-15;/h3-5,10,15H,6,14H2,1-2H3;1H/t10-;/m1./s1. The van der Waals surface area contributed by atoms with E-state index in [-0.39, 0.29) is 12.4 Å². The molecule has 0 saturated heterocycles. The average Bonchev–Trinajstić information content (AvgIpc) is 2.20. The summed E-state index contributed by atoms with van der Waals surface area (Å²) in [6.45, 7) is 2.30. The molecule has 16 heavy (non-hydrogen) atoms. The first-order chi connectivity index (χ1) is 6.88. The summed E-state index contributed by atoms with van der Waals surface area (Å²) in [6.07, 6.45) is 0. The molecular formula is C11H16ClF2NO. The summed E-state index contributed by atoms with van der Waals surface area (Å²) in [6, 6.07) is 3.76. The van der Waals surface area contributed by atoms with E-state index < -0.39 is 18.6 Å². The summed E-state index contributed by atoms with van der Waals surface area (Å²) in [4.78, 5) is 0. The molecule has 2 nitrogen and oxygen atoms in total. The molecule has 1 atom stereocenters. The van der Waals surface area contributed by atoms with Gasteiger partial charge in [0.05, 0.1) is 6.04 Å². The molecule has 0 aliphatic heterocycles. The van der Waals surface area contributed by atoms with Crippen LogP contribution in [0, 0.1) is 13.8 Å². The monoisotopic (exact) mass is 251 g/mol. The van der Waals surface area contributed by atoms with E-state index in [1.54, 1.807) is 19.1 Å². The number of hydrogen-bond donors (Lipinski definition) is 2. The minimum absolute atomic E-state index is 0. The fourth-order valence-electron chi connectivity index (χ4n) is 1.42. The molecule has 5 heteroatoms. The van der Waals surface area contributed by atoms with Crippen molar-refractivity contribution in [1.82, 2.24) is 0 Å². The van der Waals surface area contributed by atoms with Crippen molar-refractivity contribution >= 4 is 12.4 Å². The molecule has 1 rings (SSSR count). The van der Waals surface area contributed by atoms with E-state index in [0.717, 1.165) is 5.56 Å². The Morgan fingerprint density at radius 1 is 1.38 bits per heavy atom. The summed E-state index contributed by atoms with van der Waals surface area (Å²) in [5.41, 5.74) is 7.41. The molecule has 0 aliphatic carbocycles. The zero-order chi connectivity index (χ0) is 11.6. The molecule has 0 fully saturated rings. The highest BCUT2D eigenvalue weighted by Crippen LogP contribution is 2.30. The van der Waals surface area contributed by atoms with Crippen molar-refractivity contribution in [3.8, 4) is 0 Å². The normalized spacial score (nSPS) is 13.1. The fraction of sp³-hybridized carbons (Fsp3) is 0.455. The molecule has 1 aromatic rings. The number of aryl methyl sites for hydroxylation is 2. The molecule has 0 unspecified atom stereocenters. The maximum Gasteiger partial charge on any atom is 0.289 e. The second-order valence-corrected chi connectivity index (χ2v) is 3.76. The first kappa shape index (κ1) is 15.3. The summed E-state index contributed by atoms with van der Waals surface area (Å²) < 4.78 is 26.3. The Morgan fingerprint density at radius 2 is 1.94 bits per heavy atom. The number of halogens is 3. The van der Waals surface area contributed by atoms with Gasteiger partial charge < -0.3 is 10.8 Å². The molecule has 0 aliphatic rings. The Labute approximate surface area is 99.9 Å². The third kappa shape index (κ3) is 3.14. The topological polar surface area (TPSA) is 46.2 Å². The highest BCUT2D eigenvalue weighted by atomic mass is 35.5. The van der Waals surface area contributed by atoms with Gasteiger partial charge in [-0.3, -0.25) is 0 Å². The predicted molar refractivity (Wildman–Crippen MR) is 62.1 cm³/mol. The van der Waals surface area contributed by atoms with E-state index in [1.807, 2.05) is 13.0 Å². The first-order valence-electron chi connectivity index (χ1n) is 4.70. The van der Waals surface area contributed by atoms with E-state index in [0.29, 0.717) is 11.1 Å². The van der Waals surface area contributed by atoms with Crippen molar-refractivity contribution in [3.05, 3.63) is 34.9 Å². The molecule has 0 heterocycles. The zero-order valence-electron chi connectivity index (χ0n) is 9.21. The van der Waals surface area contributed by atoms with Crippen LogP contribution in [0.4, 0.5) is 8.78 Å². The molecule has 0 amide bonds. The van der Waals surface area contributed by atoms with E-state index in [2.05, 4.69) is 0 Å². The van der Waals surface area contributed by atoms with Crippen molar-refractivity contribution in [2.45, 2.75) is 25.8 Å². The van der Waals surface area contributed by atoms with Crippen LogP contribution in [0.15, 0.2) is 18.2 Å². The van der Waals surface area contributed by atoms with E-state index >= 15 is 0 Å². The second-order valence-electron chi connectivity index (χ2n) is 3.76. The highest BCUT2D eigenvalue weighted by Gasteiger charge is 2.37. The number of aliphatic hydroxyl groups excluding tert-OH is 1. The summed E-state index contributed by atoms with van der Waals surface area (Å²) in [7, 11) is 0. The SMILES string of the molecule is Cc1ccc(C)c([C@@H](N)C(F)(F)CO)c1.Cl. The van der Waals surface area contributed by atoms with Gasteiger partial charge in [-0.05, 0) is 25.0 Å². The minimum atomic E-state index is -3.28. The van der Waals surface area contributed by atoms with Crippen LogP contribution in [-0.2, 0) is 0 Å². The van der Waals surface area contributed by atoms with E-state index in [4.69, 9.17) is 10.8 Å². The van der Waals surface area contributed by atoms with Gasteiger partial charge in [0.25, 0.3) is 5.92 Å². The third-order valence-corrected chi connectivity index (χ3v) is 2.44. The van der Waals surface area contributed by atoms with Crippen molar-refractivity contribution in [1.29, 1.82) is 0 Å². The van der Waals surface area contributed by atoms with Crippen LogP contribution in [-0.4, -0.2) is 17.6 Å². The quantitative estimate of drug-likeness (QED) is 0.866. The maximum absolute atomic E-state index is 13.2. The summed E-state index contributed by atoms with van der Waals surface area (Å²) >= 11 is 0. The smallest absolute Gasteiger partial charge is 0.289 e. The number of nitrogens with two attached hydrogens (primary N) is 1. The minimum Gasteiger partial charge on any atom is -0.390 e. The largest absolute Gasteiger partial charge is 0.390 e. The number of hydrogen-bond acceptors (Lipinski definition) is 2. The Bertz CT molecular complexity index is 358. The van der Waals surface area contributed by atoms with Gasteiger partial charge in [0.15, 0.2) is 0 Å². The predicted octanol–water partition coefficient (Wildman–Crippen LogP) is 2.35. The number of rotatable bonds is 3. The van der Waals surface area contributed by atoms with Crippen LogP contribution in [0.5, 0.6) is 0 Å². The van der Waals surface area contributed by atoms with Crippen LogP contribution in [0.1, 0.15) is 22.7 Å². The lowest BCUT2D eigenvalue weighted by Crippen LogP contribution is -2.36. The van der Waals surface area contributed by atoms with Crippen LogP contribution in [0.3, 0.4) is 0 Å². The molecular weight excluding hydrogens is 236 g/mol. The fourth-order valence-corrected chi connectivity index (χ4v) is 1.42. The lowest BCUT2D eigenvalue weighted by molar-refractivity contribution is -0.0713. The number of alkyl halides is 2. The van der Waals surface area contributed by atoms with Gasteiger partial charge in [0.2, 0.25) is 0 Å². The van der Waals surface area contributed by atoms with Crippen molar-refractivity contribution in [2.24, 2.45) is 5.73 Å². The molecule has 3 N–H and O–H groups in total. The van der Waals surface area contributed by atoms with Gasteiger partial charge in [-0.1, -0.05) is 23.8 Å². The highest BCUT2D eigenvalue weighted by molar-refractivity contribution is 5.85. The molecule has 92 valence electrons. The van der Waals surface area contributed by atoms with Crippen LogP contribution in [0.2, 0.25) is 0 Å².